The van der Waals surface area contributed by atoms with Crippen LogP contribution in [0, 0.1) is 68.0 Å². The smallest absolute Gasteiger partial charge is 0.225 e. The van der Waals surface area contributed by atoms with Crippen molar-refractivity contribution in [3.8, 4) is 12.1 Å². The minimum atomic E-state index is -2.28. The van der Waals surface area contributed by atoms with Gasteiger partial charge in [0, 0.05) is 44.1 Å². The maximum atomic E-state index is 17.5. The highest BCUT2D eigenvalue weighted by molar-refractivity contribution is 8.14. The maximum Gasteiger partial charge on any atom is 0.225 e. The van der Waals surface area contributed by atoms with Crippen molar-refractivity contribution < 1.29 is 65.9 Å². The summed E-state index contributed by atoms with van der Waals surface area (Å²) < 4.78 is 91.4. The van der Waals surface area contributed by atoms with Crippen LogP contribution in [0.5, 0.6) is 0 Å². The molecular weight excluding hydrogens is 1010 g/mol. The van der Waals surface area contributed by atoms with E-state index < -0.39 is 133 Å². The Labute approximate surface area is 434 Å². The van der Waals surface area contributed by atoms with Crippen LogP contribution in [0.25, 0.3) is 0 Å². The number of aliphatic hydroxyl groups is 2. The van der Waals surface area contributed by atoms with Crippen molar-refractivity contribution in [1.29, 1.82) is 10.5 Å². The molecule has 2 aliphatic heterocycles. The van der Waals surface area contributed by atoms with Gasteiger partial charge in [0.25, 0.3) is 0 Å². The molecule has 1 aromatic carbocycles. The molecule has 2 N–H and O–H groups in total. The molecule has 0 aromatic heterocycles. The minimum Gasteiger partial charge on any atom is -0.390 e. The largest absolute Gasteiger partial charge is 0.390 e. The van der Waals surface area contributed by atoms with Crippen LogP contribution in [0.4, 0.5) is 17.6 Å². The predicted octanol–water partition coefficient (Wildman–Crippen LogP) is 8.79. The first-order valence-electron chi connectivity index (χ1n) is 24.7. The summed E-state index contributed by atoms with van der Waals surface area (Å²) in [6.07, 6.45) is -1.31. The molecule has 19 atom stereocenters. The molecule has 73 heavy (non-hydrogen) atoms. The Kier molecular flexibility index (Phi) is 12.6. The summed E-state index contributed by atoms with van der Waals surface area (Å²) >= 11 is 7.69. The van der Waals surface area contributed by atoms with Crippen LogP contribution in [0.1, 0.15) is 91.9 Å². The van der Waals surface area contributed by atoms with Crippen molar-refractivity contribution in [2.45, 2.75) is 151 Å². The zero-order chi connectivity index (χ0) is 52.9. The number of carbonyl (C=O) groups excluding carboxylic acids is 4. The number of hydrogen-bond acceptors (Lipinski definition) is 14. The van der Waals surface area contributed by atoms with E-state index >= 15 is 17.6 Å². The number of ketones is 2. The number of nitrogens with zero attached hydrogens (tertiary/aromatic N) is 2. The van der Waals surface area contributed by atoms with Crippen molar-refractivity contribution in [1.82, 2.24) is 0 Å². The fourth-order valence-electron chi connectivity index (χ4n) is 16.1. The van der Waals surface area contributed by atoms with Crippen molar-refractivity contribution >= 4 is 56.9 Å². The molecule has 12 nitrogen and oxygen atoms in total. The van der Waals surface area contributed by atoms with E-state index in [0.29, 0.717) is 10.6 Å². The number of fused-ring (bicyclic) bond motifs is 14. The summed E-state index contributed by atoms with van der Waals surface area (Å²) in [6.45, 7) is 10.1. The number of nitriles is 2. The van der Waals surface area contributed by atoms with Crippen molar-refractivity contribution in [2.24, 2.45) is 45.3 Å². The molecule has 19 heteroatoms. The molecular formula is C54H57ClF4N2O10S2. The van der Waals surface area contributed by atoms with Gasteiger partial charge in [0.2, 0.25) is 10.2 Å². The second kappa shape index (κ2) is 17.4. The topological polar surface area (TPSA) is 193 Å². The molecule has 0 bridgehead atoms. The molecule has 0 radical (unpaired) electrons. The fourth-order valence-corrected chi connectivity index (χ4v) is 17.9. The molecule has 2 saturated heterocycles. The lowest BCUT2D eigenvalue weighted by Crippen LogP contribution is -2.70. The molecule has 0 amide bonds. The average Bonchev–Trinajstić information content (AvgIpc) is 4.00. The van der Waals surface area contributed by atoms with Crippen LogP contribution in [0.2, 0.25) is 5.02 Å². The predicted molar refractivity (Wildman–Crippen MR) is 260 cm³/mol. The third-order valence-corrected chi connectivity index (χ3v) is 21.2. The van der Waals surface area contributed by atoms with E-state index in [0.717, 1.165) is 35.7 Å². The molecule has 2 heterocycles. The highest BCUT2D eigenvalue weighted by atomic mass is 35.5. The molecule has 8 aliphatic carbocycles. The van der Waals surface area contributed by atoms with Crippen molar-refractivity contribution in [3.63, 3.8) is 0 Å². The highest BCUT2D eigenvalue weighted by Crippen LogP contribution is 2.75. The Hall–Kier alpha value is -3.69. The lowest BCUT2D eigenvalue weighted by atomic mass is 9.44. The number of aliphatic hydroxyl groups excluding tert-OH is 2. The Morgan fingerprint density at radius 2 is 1.15 bits per heavy atom. The monoisotopic (exact) mass is 1070 g/mol. The molecule has 8 fully saturated rings. The number of benzene rings is 1. The van der Waals surface area contributed by atoms with Crippen LogP contribution in [-0.2, 0) is 38.1 Å². The number of hydrogen-bond donors (Lipinski definition) is 2. The van der Waals surface area contributed by atoms with Crippen LogP contribution in [-0.4, -0.2) is 109 Å². The quantitative estimate of drug-likeness (QED) is 0.266. The number of ether oxygens (including phenoxy) is 4. The molecule has 1 aromatic rings. The summed E-state index contributed by atoms with van der Waals surface area (Å²) in [4.78, 5) is 51.5. The van der Waals surface area contributed by atoms with Gasteiger partial charge in [0.15, 0.2) is 46.2 Å². The lowest BCUT2D eigenvalue weighted by molar-refractivity contribution is -0.246. The number of carbonyl (C=O) groups is 4. The number of thioether (sulfide) groups is 2. The zero-order valence-electron chi connectivity index (χ0n) is 41.0. The van der Waals surface area contributed by atoms with Crippen LogP contribution in [0.3, 0.4) is 0 Å². The fraction of sp³-hybridized carbons (Fsp3) is 0.630. The molecule has 390 valence electrons. The zero-order valence-corrected chi connectivity index (χ0v) is 43.4. The van der Waals surface area contributed by atoms with Crippen LogP contribution >= 0.6 is 35.1 Å². The van der Waals surface area contributed by atoms with Gasteiger partial charge in [0.05, 0.1) is 48.1 Å². The number of alkyl halides is 4. The molecule has 0 spiro atoms. The van der Waals surface area contributed by atoms with E-state index in [1.54, 1.807) is 58.9 Å². The van der Waals surface area contributed by atoms with Gasteiger partial charge in [-0.05, 0) is 126 Å². The summed E-state index contributed by atoms with van der Waals surface area (Å²) in [7, 11) is 0. The van der Waals surface area contributed by atoms with Gasteiger partial charge in [-0.15, -0.1) is 0 Å². The van der Waals surface area contributed by atoms with E-state index in [9.17, 15) is 34.7 Å². The van der Waals surface area contributed by atoms with Gasteiger partial charge in [-0.1, -0.05) is 73.3 Å². The summed E-state index contributed by atoms with van der Waals surface area (Å²) in [5.41, 5.74) is -12.0. The Morgan fingerprint density at radius 1 is 0.699 bits per heavy atom. The van der Waals surface area contributed by atoms with Gasteiger partial charge in [-0.3, -0.25) is 19.2 Å². The number of allylic oxidation sites excluding steroid dienone is 8. The molecule has 1 unspecified atom stereocenters. The second-order valence-electron chi connectivity index (χ2n) is 22.9. The van der Waals surface area contributed by atoms with E-state index in [4.69, 9.17) is 35.8 Å². The normalized spacial score (nSPS) is 48.1. The average molecular weight is 1070 g/mol. The Morgan fingerprint density at radius 3 is 1.63 bits per heavy atom. The van der Waals surface area contributed by atoms with E-state index in [1.807, 2.05) is 12.1 Å². The first kappa shape index (κ1) is 52.7. The van der Waals surface area contributed by atoms with Crippen molar-refractivity contribution in [2.75, 3.05) is 11.5 Å². The maximum absolute atomic E-state index is 17.5. The first-order chi connectivity index (χ1) is 34.2. The SMILES string of the molecule is CC1(C)O[C@@H]2C[C@H]3[C@@H]4C[C@H](F)C5=CC(=O)C=C[C@]5(C)[C@@]4(F)[C@@H](O)C[C@]3(C)[C@]2(C(=O)SCC#N)O1.C[C@]12C=CC(=O)C=C1[C@@H](F)C[C@H]1[C@@H]3C[C@H]4OC(c5ccc(Cl)cc5)O[C@@]4(C(=O)SCC#N)[C@@]3(C)C[C@H](O)[C@@]12F. The molecule has 10 aliphatic rings. The molecule has 11 rings (SSSR count). The van der Waals surface area contributed by atoms with Gasteiger partial charge >= 0.3 is 0 Å². The van der Waals surface area contributed by atoms with Gasteiger partial charge in [-0.2, -0.15) is 10.5 Å². The molecule has 6 saturated carbocycles. The highest BCUT2D eigenvalue weighted by Gasteiger charge is 2.82. The standard InChI is InChI=1S/C29H28ClF2NO5S.C25H29F2NO5S/c1-26-8-7-17(34)11-20(26)21(31)12-19-18-13-23-29(25(36)39-10-9-33,27(18,2)14-22(35)28(19,26)32)38-24(37-23)15-3-5-16(30)6-4-15;1-21(2)32-19-11-14-15-10-17(26)16-9-13(29)5-6-22(16,3)24(15,27)18(30)12-23(14,4)25(19,33-21)20(31)34-8-7-28/h3-8,11,18-19,21-24,35H,10,12-14H2,1-2H3;5-6,9,14-15,17-19,30H,8,10-12H2,1-4H3/t18-,19-,21-,22-,23+,24?,26-,27-,28-,29-;14-,15-,17-,18-,19+,22-,23-,24-,25-/m00/s1. The third-order valence-electron chi connectivity index (χ3n) is 19.3. The summed E-state index contributed by atoms with van der Waals surface area (Å²) in [5.74, 6) is -5.07. The van der Waals surface area contributed by atoms with E-state index in [1.165, 1.54) is 31.2 Å². The van der Waals surface area contributed by atoms with Gasteiger partial charge in [-0.25, -0.2) is 17.6 Å². The van der Waals surface area contributed by atoms with Gasteiger partial charge < -0.3 is 29.2 Å². The van der Waals surface area contributed by atoms with E-state index in [-0.39, 0.29) is 66.3 Å². The Bertz CT molecular complexity index is 2790. The first-order valence-corrected chi connectivity index (χ1v) is 27.0. The van der Waals surface area contributed by atoms with Crippen molar-refractivity contribution in [3.05, 3.63) is 82.5 Å². The summed E-state index contributed by atoms with van der Waals surface area (Å²) in [5, 5.41) is 41.0. The summed E-state index contributed by atoms with van der Waals surface area (Å²) in [6, 6.07) is 10.8. The minimum absolute atomic E-state index is 0.0419. The van der Waals surface area contributed by atoms with Gasteiger partial charge in [0.1, 0.15) is 12.3 Å². The van der Waals surface area contributed by atoms with E-state index in [2.05, 4.69) is 0 Å². The Balaban J connectivity index is 0.000000169. The second-order valence-corrected chi connectivity index (χ2v) is 25.2. The number of rotatable bonds is 5. The lowest BCUT2D eigenvalue weighted by Gasteiger charge is -2.63. The van der Waals surface area contributed by atoms with Crippen LogP contribution < -0.4 is 0 Å². The number of halogens is 5. The van der Waals surface area contributed by atoms with Crippen LogP contribution in [0.15, 0.2) is 71.9 Å². The third kappa shape index (κ3) is 6.92.